The first-order chi connectivity index (χ1) is 9.81. The fraction of sp³-hybridized carbons (Fsp3) is 0.286. The van der Waals surface area contributed by atoms with E-state index in [1.807, 2.05) is 24.5 Å². The maximum Gasteiger partial charge on any atom is 0.252 e. The molecular formula is C14H16N6. The molecule has 20 heavy (non-hydrogen) atoms. The Morgan fingerprint density at radius 2 is 2.05 bits per heavy atom. The van der Waals surface area contributed by atoms with Gasteiger partial charge in [-0.15, -0.1) is 5.10 Å². The van der Waals surface area contributed by atoms with Crippen LogP contribution >= 0.6 is 0 Å². The van der Waals surface area contributed by atoms with Crippen LogP contribution < -0.4 is 4.90 Å². The van der Waals surface area contributed by atoms with Crippen LogP contribution in [0.4, 0.5) is 5.69 Å². The van der Waals surface area contributed by atoms with Crippen LogP contribution in [0.15, 0.2) is 36.9 Å². The van der Waals surface area contributed by atoms with Gasteiger partial charge in [-0.25, -0.2) is 9.50 Å². The molecule has 0 aliphatic heterocycles. The van der Waals surface area contributed by atoms with Crippen molar-refractivity contribution in [3.05, 3.63) is 36.9 Å². The molecule has 3 aromatic rings. The average Bonchev–Trinajstić information content (AvgIpc) is 2.93. The largest absolute Gasteiger partial charge is 0.370 e. The molecule has 0 amide bonds. The fourth-order valence-electron chi connectivity index (χ4n) is 2.14. The maximum absolute atomic E-state index is 4.47. The van der Waals surface area contributed by atoms with Crippen LogP contribution in [0.3, 0.4) is 0 Å². The van der Waals surface area contributed by atoms with E-state index in [1.165, 1.54) is 0 Å². The lowest BCUT2D eigenvalue weighted by atomic mass is 10.3. The van der Waals surface area contributed by atoms with Gasteiger partial charge in [0.2, 0.25) is 0 Å². The summed E-state index contributed by atoms with van der Waals surface area (Å²) in [6, 6.07) is 3.81. The number of rotatable bonds is 4. The van der Waals surface area contributed by atoms with Crippen LogP contribution in [0, 0.1) is 0 Å². The van der Waals surface area contributed by atoms with Crippen LogP contribution in [0.25, 0.3) is 17.2 Å². The standard InChI is InChI=1S/C14H16N6/c1-3-19(4-2)12-9-16-14-17-13(18-20(14)10-12)11-6-5-7-15-8-11/h5-10H,3-4H2,1-2H3. The second kappa shape index (κ2) is 5.24. The SMILES string of the molecule is CCN(CC)c1cnc2nc(-c3cccnc3)nn2c1. The number of nitrogens with zero attached hydrogens (tertiary/aromatic N) is 6. The molecule has 0 unspecified atom stereocenters. The van der Waals surface area contributed by atoms with Crippen molar-refractivity contribution in [2.45, 2.75) is 13.8 Å². The van der Waals surface area contributed by atoms with E-state index in [-0.39, 0.29) is 0 Å². The zero-order chi connectivity index (χ0) is 13.9. The van der Waals surface area contributed by atoms with Crippen molar-refractivity contribution in [3.63, 3.8) is 0 Å². The van der Waals surface area contributed by atoms with E-state index in [0.29, 0.717) is 11.6 Å². The first-order valence-corrected chi connectivity index (χ1v) is 6.69. The quantitative estimate of drug-likeness (QED) is 0.724. The van der Waals surface area contributed by atoms with E-state index >= 15 is 0 Å². The summed E-state index contributed by atoms with van der Waals surface area (Å²) < 4.78 is 1.72. The molecule has 0 atom stereocenters. The van der Waals surface area contributed by atoms with E-state index in [0.717, 1.165) is 24.3 Å². The van der Waals surface area contributed by atoms with Gasteiger partial charge in [0.25, 0.3) is 5.78 Å². The Bertz CT molecular complexity index is 702. The zero-order valence-electron chi connectivity index (χ0n) is 11.6. The molecule has 0 N–H and O–H groups in total. The van der Waals surface area contributed by atoms with Gasteiger partial charge in [0.05, 0.1) is 18.1 Å². The van der Waals surface area contributed by atoms with Gasteiger partial charge in [0, 0.05) is 31.0 Å². The van der Waals surface area contributed by atoms with Crippen molar-refractivity contribution in [2.24, 2.45) is 0 Å². The molecule has 0 radical (unpaired) electrons. The lowest BCUT2D eigenvalue weighted by molar-refractivity contribution is 0.842. The number of pyridine rings is 1. The lowest BCUT2D eigenvalue weighted by Gasteiger charge is -2.19. The van der Waals surface area contributed by atoms with Gasteiger partial charge in [-0.1, -0.05) is 0 Å². The van der Waals surface area contributed by atoms with Crippen molar-refractivity contribution in [1.82, 2.24) is 24.6 Å². The van der Waals surface area contributed by atoms with Crippen molar-refractivity contribution < 1.29 is 0 Å². The Kier molecular flexibility index (Phi) is 3.28. The topological polar surface area (TPSA) is 59.2 Å². The van der Waals surface area contributed by atoms with Crippen molar-refractivity contribution in [1.29, 1.82) is 0 Å². The monoisotopic (exact) mass is 268 g/mol. The van der Waals surface area contributed by atoms with Gasteiger partial charge in [0.15, 0.2) is 5.82 Å². The van der Waals surface area contributed by atoms with E-state index in [2.05, 4.69) is 38.8 Å². The molecule has 0 spiro atoms. The molecule has 3 heterocycles. The number of aromatic nitrogens is 5. The summed E-state index contributed by atoms with van der Waals surface area (Å²) in [6.07, 6.45) is 7.28. The first-order valence-electron chi connectivity index (χ1n) is 6.69. The van der Waals surface area contributed by atoms with E-state index in [9.17, 15) is 0 Å². The highest BCUT2D eigenvalue weighted by Gasteiger charge is 2.09. The van der Waals surface area contributed by atoms with Gasteiger partial charge in [-0.05, 0) is 26.0 Å². The second-order valence-electron chi connectivity index (χ2n) is 4.41. The van der Waals surface area contributed by atoms with Crippen LogP contribution in [0.5, 0.6) is 0 Å². The molecule has 0 aromatic carbocycles. The summed E-state index contributed by atoms with van der Waals surface area (Å²) in [5.41, 5.74) is 1.94. The number of hydrogen-bond acceptors (Lipinski definition) is 5. The maximum atomic E-state index is 4.47. The van der Waals surface area contributed by atoms with Gasteiger partial charge < -0.3 is 4.90 Å². The van der Waals surface area contributed by atoms with Crippen LogP contribution in [-0.2, 0) is 0 Å². The van der Waals surface area contributed by atoms with Crippen LogP contribution in [0.1, 0.15) is 13.8 Å². The minimum absolute atomic E-state index is 0.597. The molecule has 6 heteroatoms. The Hall–Kier alpha value is -2.50. The van der Waals surface area contributed by atoms with Crippen LogP contribution in [0.2, 0.25) is 0 Å². The summed E-state index contributed by atoms with van der Waals surface area (Å²) in [6.45, 7) is 6.12. The highest BCUT2D eigenvalue weighted by atomic mass is 15.3. The summed E-state index contributed by atoms with van der Waals surface area (Å²) >= 11 is 0. The third-order valence-corrected chi connectivity index (χ3v) is 3.23. The zero-order valence-corrected chi connectivity index (χ0v) is 11.6. The summed E-state index contributed by atoms with van der Waals surface area (Å²) in [7, 11) is 0. The third-order valence-electron chi connectivity index (χ3n) is 3.23. The second-order valence-corrected chi connectivity index (χ2v) is 4.41. The molecule has 0 fully saturated rings. The normalized spacial score (nSPS) is 10.9. The highest BCUT2D eigenvalue weighted by molar-refractivity contribution is 5.56. The predicted octanol–water partition coefficient (Wildman–Crippen LogP) is 2.03. The van der Waals surface area contributed by atoms with Crippen molar-refractivity contribution in [3.8, 4) is 11.4 Å². The van der Waals surface area contributed by atoms with E-state index < -0.39 is 0 Å². The van der Waals surface area contributed by atoms with E-state index in [1.54, 1.807) is 16.9 Å². The molecular weight excluding hydrogens is 252 g/mol. The number of fused-ring (bicyclic) bond motifs is 1. The van der Waals surface area contributed by atoms with Crippen molar-refractivity contribution >= 4 is 11.5 Å². The lowest BCUT2D eigenvalue weighted by Crippen LogP contribution is -2.22. The fourth-order valence-corrected chi connectivity index (χ4v) is 2.14. The number of anilines is 1. The highest BCUT2D eigenvalue weighted by Crippen LogP contribution is 2.16. The molecule has 6 nitrogen and oxygen atoms in total. The summed E-state index contributed by atoms with van der Waals surface area (Å²) in [5, 5.41) is 4.47. The molecule has 0 saturated heterocycles. The van der Waals surface area contributed by atoms with Gasteiger partial charge >= 0.3 is 0 Å². The third kappa shape index (κ3) is 2.20. The molecule has 3 aromatic heterocycles. The molecule has 3 rings (SSSR count). The van der Waals surface area contributed by atoms with Gasteiger partial charge in [-0.2, -0.15) is 4.98 Å². The Balaban J connectivity index is 2.04. The van der Waals surface area contributed by atoms with E-state index in [4.69, 9.17) is 0 Å². The molecule has 0 aliphatic carbocycles. The smallest absolute Gasteiger partial charge is 0.252 e. The molecule has 102 valence electrons. The average molecular weight is 268 g/mol. The van der Waals surface area contributed by atoms with Gasteiger partial charge in [-0.3, -0.25) is 4.98 Å². The minimum Gasteiger partial charge on any atom is -0.370 e. The summed E-state index contributed by atoms with van der Waals surface area (Å²) in [5.74, 6) is 1.24. The number of hydrogen-bond donors (Lipinski definition) is 0. The first kappa shape index (κ1) is 12.5. The Labute approximate surface area is 117 Å². The van der Waals surface area contributed by atoms with Gasteiger partial charge in [0.1, 0.15) is 0 Å². The van der Waals surface area contributed by atoms with Crippen molar-refractivity contribution in [2.75, 3.05) is 18.0 Å². The predicted molar refractivity (Wildman–Crippen MR) is 77.6 cm³/mol. The molecule has 0 bridgehead atoms. The summed E-state index contributed by atoms with van der Waals surface area (Å²) in [4.78, 5) is 15.1. The van der Waals surface area contributed by atoms with Crippen LogP contribution in [-0.4, -0.2) is 37.7 Å². The Morgan fingerprint density at radius 3 is 2.75 bits per heavy atom. The molecule has 0 aliphatic rings. The molecule has 0 saturated carbocycles. The Morgan fingerprint density at radius 1 is 1.20 bits per heavy atom. The minimum atomic E-state index is 0.597.